The van der Waals surface area contributed by atoms with Crippen LogP contribution >= 0.6 is 11.6 Å². The molecule has 2 aromatic carbocycles. The van der Waals surface area contributed by atoms with Crippen LogP contribution in [0.25, 0.3) is 0 Å². The van der Waals surface area contributed by atoms with E-state index in [-0.39, 0.29) is 6.04 Å². The number of hydrogen-bond donors (Lipinski definition) is 1. The van der Waals surface area contributed by atoms with Crippen molar-refractivity contribution in [1.29, 1.82) is 0 Å². The number of nitrogens with zero attached hydrogens (tertiary/aromatic N) is 2. The first-order valence-corrected chi connectivity index (χ1v) is 8.51. The number of benzene rings is 2. The summed E-state index contributed by atoms with van der Waals surface area (Å²) in [7, 11) is 0. The molecule has 0 fully saturated rings. The first kappa shape index (κ1) is 16.6. The van der Waals surface area contributed by atoms with E-state index in [1.165, 1.54) is 11.3 Å². The molecular formula is C20H22ClN3. The number of hydrogen-bond acceptors (Lipinski definition) is 2. The Hall–Kier alpha value is -2.26. The van der Waals surface area contributed by atoms with Crippen molar-refractivity contribution < 1.29 is 0 Å². The van der Waals surface area contributed by atoms with E-state index in [1.54, 1.807) is 0 Å². The Morgan fingerprint density at radius 2 is 1.88 bits per heavy atom. The summed E-state index contributed by atoms with van der Waals surface area (Å²) in [5.41, 5.74) is 5.63. The van der Waals surface area contributed by atoms with Gasteiger partial charge >= 0.3 is 0 Å². The van der Waals surface area contributed by atoms with Gasteiger partial charge in [-0.1, -0.05) is 41.9 Å². The van der Waals surface area contributed by atoms with Gasteiger partial charge in [-0.2, -0.15) is 5.10 Å². The van der Waals surface area contributed by atoms with Crippen molar-refractivity contribution in [3.8, 4) is 0 Å². The summed E-state index contributed by atoms with van der Waals surface area (Å²) in [6.45, 7) is 7.00. The molecule has 4 heteroatoms. The minimum absolute atomic E-state index is 0.141. The van der Waals surface area contributed by atoms with Gasteiger partial charge in [0.1, 0.15) is 0 Å². The normalized spacial score (nSPS) is 12.2. The molecule has 1 unspecified atom stereocenters. The van der Waals surface area contributed by atoms with Crippen LogP contribution in [0.5, 0.6) is 0 Å². The van der Waals surface area contributed by atoms with Crippen LogP contribution in [0.3, 0.4) is 0 Å². The van der Waals surface area contributed by atoms with Gasteiger partial charge in [-0.15, -0.1) is 0 Å². The third-order valence-electron chi connectivity index (χ3n) is 4.12. The molecule has 24 heavy (non-hydrogen) atoms. The number of anilines is 1. The second-order valence-electron chi connectivity index (χ2n) is 6.17. The average Bonchev–Trinajstić information content (AvgIpc) is 2.85. The van der Waals surface area contributed by atoms with E-state index >= 15 is 0 Å². The molecule has 0 amide bonds. The minimum Gasteiger partial charge on any atom is -0.378 e. The van der Waals surface area contributed by atoms with Crippen molar-refractivity contribution in [2.24, 2.45) is 0 Å². The van der Waals surface area contributed by atoms with Gasteiger partial charge in [0.2, 0.25) is 0 Å². The molecule has 0 radical (unpaired) electrons. The van der Waals surface area contributed by atoms with Crippen LogP contribution in [-0.2, 0) is 6.54 Å². The van der Waals surface area contributed by atoms with E-state index in [4.69, 9.17) is 11.6 Å². The fourth-order valence-electron chi connectivity index (χ4n) is 2.92. The van der Waals surface area contributed by atoms with Crippen LogP contribution in [0.4, 0.5) is 5.69 Å². The van der Waals surface area contributed by atoms with Crippen LogP contribution in [0, 0.1) is 13.8 Å². The molecule has 0 aliphatic rings. The van der Waals surface area contributed by atoms with Gasteiger partial charge in [-0.05, 0) is 56.2 Å². The van der Waals surface area contributed by atoms with Crippen LogP contribution in [-0.4, -0.2) is 9.78 Å². The monoisotopic (exact) mass is 339 g/mol. The van der Waals surface area contributed by atoms with Crippen molar-refractivity contribution >= 4 is 17.3 Å². The van der Waals surface area contributed by atoms with Crippen molar-refractivity contribution in [1.82, 2.24) is 9.78 Å². The Balaban J connectivity index is 1.76. The Labute approximate surface area is 148 Å². The topological polar surface area (TPSA) is 29.9 Å². The van der Waals surface area contributed by atoms with Gasteiger partial charge in [-0.25, -0.2) is 0 Å². The summed E-state index contributed by atoms with van der Waals surface area (Å²) in [6.07, 6.45) is 0. The Morgan fingerprint density at radius 1 is 1.08 bits per heavy atom. The molecule has 3 aromatic rings. The van der Waals surface area contributed by atoms with E-state index in [0.717, 1.165) is 28.5 Å². The minimum atomic E-state index is 0.141. The second-order valence-corrected chi connectivity index (χ2v) is 6.58. The largest absolute Gasteiger partial charge is 0.378 e. The number of aryl methyl sites for hydroxylation is 2. The molecule has 0 aliphatic heterocycles. The Bertz CT molecular complexity index is 838. The number of rotatable bonds is 5. The molecule has 3 rings (SSSR count). The van der Waals surface area contributed by atoms with Gasteiger partial charge < -0.3 is 5.32 Å². The van der Waals surface area contributed by atoms with Crippen LogP contribution in [0.1, 0.15) is 35.5 Å². The molecule has 1 N–H and O–H groups in total. The highest BCUT2D eigenvalue weighted by Gasteiger charge is 2.09. The number of halogens is 1. The lowest BCUT2D eigenvalue weighted by atomic mass is 10.1. The zero-order chi connectivity index (χ0) is 17.1. The fourth-order valence-corrected chi connectivity index (χ4v) is 3.22. The second kappa shape index (κ2) is 7.10. The molecule has 0 aliphatic carbocycles. The van der Waals surface area contributed by atoms with Crippen LogP contribution in [0.2, 0.25) is 5.02 Å². The van der Waals surface area contributed by atoms with E-state index in [9.17, 15) is 0 Å². The van der Waals surface area contributed by atoms with Crippen LogP contribution in [0.15, 0.2) is 54.6 Å². The number of nitrogens with one attached hydrogen (secondary N) is 1. The first-order valence-electron chi connectivity index (χ1n) is 8.14. The van der Waals surface area contributed by atoms with Crippen molar-refractivity contribution in [3.63, 3.8) is 0 Å². The highest BCUT2D eigenvalue weighted by molar-refractivity contribution is 6.31. The van der Waals surface area contributed by atoms with Crippen molar-refractivity contribution in [2.45, 2.75) is 33.4 Å². The lowest BCUT2D eigenvalue weighted by Crippen LogP contribution is -2.08. The standard InChI is InChI=1S/C20H22ClN3/c1-14-11-15(2)24(23-14)13-17-7-6-8-18(12-17)22-16(3)19-9-4-5-10-20(19)21/h4-12,16,22H,13H2,1-3H3. The summed E-state index contributed by atoms with van der Waals surface area (Å²) in [6, 6.07) is 18.6. The predicted octanol–water partition coefficient (Wildman–Crippen LogP) is 5.37. The lowest BCUT2D eigenvalue weighted by Gasteiger charge is -2.17. The summed E-state index contributed by atoms with van der Waals surface area (Å²) in [5.74, 6) is 0. The maximum absolute atomic E-state index is 6.29. The highest BCUT2D eigenvalue weighted by Crippen LogP contribution is 2.26. The van der Waals surface area contributed by atoms with Crippen molar-refractivity contribution in [2.75, 3.05) is 5.32 Å². The van der Waals surface area contributed by atoms with Gasteiger partial charge in [0.15, 0.2) is 0 Å². The zero-order valence-electron chi connectivity index (χ0n) is 14.3. The molecule has 1 heterocycles. The third kappa shape index (κ3) is 3.80. The Kier molecular flexibility index (Phi) is 4.91. The zero-order valence-corrected chi connectivity index (χ0v) is 15.0. The molecule has 1 aromatic heterocycles. The van der Waals surface area contributed by atoms with Crippen molar-refractivity contribution in [3.05, 3.63) is 82.1 Å². The number of aromatic nitrogens is 2. The summed E-state index contributed by atoms with van der Waals surface area (Å²) >= 11 is 6.29. The first-order chi connectivity index (χ1) is 11.5. The van der Waals surface area contributed by atoms with Gasteiger partial charge in [0.05, 0.1) is 12.2 Å². The lowest BCUT2D eigenvalue weighted by molar-refractivity contribution is 0.659. The molecule has 0 saturated heterocycles. The summed E-state index contributed by atoms with van der Waals surface area (Å²) < 4.78 is 2.03. The fraction of sp³-hybridized carbons (Fsp3) is 0.250. The van der Waals surface area contributed by atoms with Gasteiger partial charge in [-0.3, -0.25) is 4.68 Å². The van der Waals surface area contributed by atoms with Gasteiger partial charge in [0.25, 0.3) is 0 Å². The van der Waals surface area contributed by atoms with Crippen LogP contribution < -0.4 is 5.32 Å². The smallest absolute Gasteiger partial charge is 0.0663 e. The quantitative estimate of drug-likeness (QED) is 0.676. The molecule has 3 nitrogen and oxygen atoms in total. The SMILES string of the molecule is Cc1cc(C)n(Cc2cccc(NC(C)c3ccccc3Cl)c2)n1. The summed E-state index contributed by atoms with van der Waals surface area (Å²) in [5, 5.41) is 8.85. The molecular weight excluding hydrogens is 318 g/mol. The maximum atomic E-state index is 6.29. The Morgan fingerprint density at radius 3 is 2.58 bits per heavy atom. The predicted molar refractivity (Wildman–Crippen MR) is 101 cm³/mol. The molecule has 0 spiro atoms. The summed E-state index contributed by atoms with van der Waals surface area (Å²) in [4.78, 5) is 0. The van der Waals surface area contributed by atoms with Gasteiger partial charge in [0, 0.05) is 22.4 Å². The van der Waals surface area contributed by atoms with E-state index in [2.05, 4.69) is 60.7 Å². The maximum Gasteiger partial charge on any atom is 0.0663 e. The third-order valence-corrected chi connectivity index (χ3v) is 4.46. The molecule has 0 bridgehead atoms. The molecule has 1 atom stereocenters. The van der Waals surface area contributed by atoms with E-state index in [0.29, 0.717) is 0 Å². The van der Waals surface area contributed by atoms with E-state index in [1.807, 2.05) is 29.8 Å². The average molecular weight is 340 g/mol. The highest BCUT2D eigenvalue weighted by atomic mass is 35.5. The molecule has 0 saturated carbocycles. The van der Waals surface area contributed by atoms with E-state index < -0.39 is 0 Å². The molecule has 124 valence electrons.